The number of hydrogen-bond donors (Lipinski definition) is 1. The zero-order valence-electron chi connectivity index (χ0n) is 23.1. The molecule has 0 fully saturated rings. The average molecular weight is 516 g/mol. The van der Waals surface area contributed by atoms with Crippen molar-refractivity contribution in [3.05, 3.63) is 30.0 Å². The molecule has 0 unspecified atom stereocenters. The molecule has 0 radical (unpaired) electrons. The lowest BCUT2D eigenvalue weighted by molar-refractivity contribution is -0.143. The van der Waals surface area contributed by atoms with Gasteiger partial charge in [0.25, 0.3) is 5.91 Å². The van der Waals surface area contributed by atoms with E-state index >= 15 is 0 Å². The number of carbonyl (C=O) groups is 3. The zero-order chi connectivity index (χ0) is 27.5. The van der Waals surface area contributed by atoms with Crippen LogP contribution < -0.4 is 14.8 Å². The summed E-state index contributed by atoms with van der Waals surface area (Å²) in [6.07, 6.45) is 1.22. The van der Waals surface area contributed by atoms with Gasteiger partial charge in [0.1, 0.15) is 11.5 Å². The lowest BCUT2D eigenvalue weighted by Crippen LogP contribution is -2.42. The van der Waals surface area contributed by atoms with E-state index in [1.165, 1.54) is 0 Å². The Morgan fingerprint density at radius 1 is 1.00 bits per heavy atom. The Hall–Kier alpha value is -3.36. The average Bonchev–Trinajstić information content (AvgIpc) is 3.25. The first-order valence-electron chi connectivity index (χ1n) is 12.9. The van der Waals surface area contributed by atoms with Crippen LogP contribution >= 0.6 is 0 Å². The normalized spacial score (nSPS) is 11.9. The molecule has 0 aliphatic rings. The van der Waals surface area contributed by atoms with E-state index in [0.717, 1.165) is 0 Å². The van der Waals surface area contributed by atoms with Crippen molar-refractivity contribution in [3.8, 4) is 22.8 Å². The van der Waals surface area contributed by atoms with Crippen molar-refractivity contribution >= 4 is 17.7 Å². The number of rotatable bonds is 15. The number of Topliss-reactive ketones (excluding diaryl/α,β-unsaturated/α-hetero) is 1. The number of carbonyl (C=O) groups excluding carboxylic acids is 3. The van der Waals surface area contributed by atoms with E-state index in [9.17, 15) is 14.4 Å². The monoisotopic (exact) mass is 515 g/mol. The second-order valence-electron chi connectivity index (χ2n) is 9.81. The quantitative estimate of drug-likeness (QED) is 0.343. The molecule has 1 aromatic carbocycles. The largest absolute Gasteiger partial charge is 0.496 e. The van der Waals surface area contributed by atoms with E-state index in [-0.39, 0.29) is 42.1 Å². The lowest BCUT2D eigenvalue weighted by atomic mass is 9.97. The van der Waals surface area contributed by atoms with Crippen LogP contribution in [0, 0.1) is 11.8 Å². The van der Waals surface area contributed by atoms with Gasteiger partial charge in [0, 0.05) is 19.4 Å². The maximum atomic E-state index is 13.3. The molecule has 1 N–H and O–H groups in total. The summed E-state index contributed by atoms with van der Waals surface area (Å²) < 4.78 is 17.9. The molecule has 1 heterocycles. The minimum absolute atomic E-state index is 0.111. The summed E-state index contributed by atoms with van der Waals surface area (Å²) in [5.74, 6) is 0.795. The molecule has 204 valence electrons. The summed E-state index contributed by atoms with van der Waals surface area (Å²) >= 11 is 0. The van der Waals surface area contributed by atoms with Crippen molar-refractivity contribution in [2.45, 2.75) is 72.9 Å². The first kappa shape index (κ1) is 29.9. The third-order valence-electron chi connectivity index (χ3n) is 5.75. The first-order valence-corrected chi connectivity index (χ1v) is 12.9. The Kier molecular flexibility index (Phi) is 11.6. The molecule has 2 aromatic rings. The highest BCUT2D eigenvalue weighted by molar-refractivity contribution is 5.97. The van der Waals surface area contributed by atoms with E-state index in [1.807, 2.05) is 32.0 Å². The Morgan fingerprint density at radius 3 is 2.19 bits per heavy atom. The summed E-state index contributed by atoms with van der Waals surface area (Å²) in [7, 11) is 3.16. The van der Waals surface area contributed by atoms with Gasteiger partial charge >= 0.3 is 5.97 Å². The number of amides is 1. The number of benzene rings is 1. The number of esters is 1. The highest BCUT2D eigenvalue weighted by Gasteiger charge is 2.26. The third kappa shape index (κ3) is 8.61. The van der Waals surface area contributed by atoms with Gasteiger partial charge in [0.2, 0.25) is 0 Å². The SMILES string of the molecule is CCOC(=O)CCCC(=O)[C@H](CC(C)C)NC(=O)c1cc(-c2c(OC)cccc2OC)n(CC(C)C)n1. The maximum Gasteiger partial charge on any atom is 0.305 e. The van der Waals surface area contributed by atoms with Gasteiger partial charge in [-0.15, -0.1) is 0 Å². The topological polar surface area (TPSA) is 109 Å². The van der Waals surface area contributed by atoms with Crippen molar-refractivity contribution in [1.29, 1.82) is 0 Å². The molecule has 2 rings (SSSR count). The summed E-state index contributed by atoms with van der Waals surface area (Å²) in [4.78, 5) is 37.9. The Morgan fingerprint density at radius 2 is 1.65 bits per heavy atom. The number of ether oxygens (including phenoxy) is 3. The predicted molar refractivity (Wildman–Crippen MR) is 142 cm³/mol. The van der Waals surface area contributed by atoms with Crippen LogP contribution in [0.5, 0.6) is 11.5 Å². The molecule has 1 amide bonds. The number of methoxy groups -OCH3 is 2. The predicted octanol–water partition coefficient (Wildman–Crippen LogP) is 4.67. The van der Waals surface area contributed by atoms with Crippen LogP contribution in [0.15, 0.2) is 24.3 Å². The van der Waals surface area contributed by atoms with Gasteiger partial charge in [0.15, 0.2) is 11.5 Å². The van der Waals surface area contributed by atoms with Crippen molar-refractivity contribution in [3.63, 3.8) is 0 Å². The van der Waals surface area contributed by atoms with Gasteiger partial charge in [-0.1, -0.05) is 33.8 Å². The smallest absolute Gasteiger partial charge is 0.305 e. The molecule has 9 nitrogen and oxygen atoms in total. The van der Waals surface area contributed by atoms with E-state index < -0.39 is 11.9 Å². The Labute approximate surface area is 219 Å². The fraction of sp³-hybridized carbons (Fsp3) is 0.571. The van der Waals surface area contributed by atoms with E-state index in [4.69, 9.17) is 14.2 Å². The molecule has 0 aliphatic carbocycles. The third-order valence-corrected chi connectivity index (χ3v) is 5.75. The summed E-state index contributed by atoms with van der Waals surface area (Å²) in [6.45, 7) is 10.8. The molecular weight excluding hydrogens is 474 g/mol. The minimum atomic E-state index is -0.672. The van der Waals surface area contributed by atoms with Gasteiger partial charge in [0.05, 0.1) is 38.1 Å². The summed E-state index contributed by atoms with van der Waals surface area (Å²) in [5.41, 5.74) is 1.60. The zero-order valence-corrected chi connectivity index (χ0v) is 23.1. The van der Waals surface area contributed by atoms with E-state index in [1.54, 1.807) is 31.9 Å². The van der Waals surface area contributed by atoms with Crippen LogP contribution in [-0.4, -0.2) is 54.3 Å². The van der Waals surface area contributed by atoms with Crippen molar-refractivity contribution < 1.29 is 28.6 Å². The molecule has 0 aliphatic heterocycles. The van der Waals surface area contributed by atoms with E-state index in [0.29, 0.717) is 48.7 Å². The molecule has 0 saturated carbocycles. The highest BCUT2D eigenvalue weighted by atomic mass is 16.5. The highest BCUT2D eigenvalue weighted by Crippen LogP contribution is 2.38. The summed E-state index contributed by atoms with van der Waals surface area (Å²) in [5, 5.41) is 7.48. The number of nitrogens with one attached hydrogen (secondary N) is 1. The molecule has 37 heavy (non-hydrogen) atoms. The van der Waals surface area contributed by atoms with Gasteiger partial charge in [-0.2, -0.15) is 5.10 Å². The fourth-order valence-electron chi connectivity index (χ4n) is 4.11. The second kappa shape index (κ2) is 14.4. The van der Waals surface area contributed by atoms with Crippen LogP contribution in [0.1, 0.15) is 70.8 Å². The van der Waals surface area contributed by atoms with Crippen LogP contribution in [0.3, 0.4) is 0 Å². The number of hydrogen-bond acceptors (Lipinski definition) is 7. The van der Waals surface area contributed by atoms with E-state index in [2.05, 4.69) is 24.3 Å². The molecule has 0 spiro atoms. The number of ketones is 1. The number of nitrogens with zero attached hydrogens (tertiary/aromatic N) is 2. The van der Waals surface area contributed by atoms with Crippen molar-refractivity contribution in [2.75, 3.05) is 20.8 Å². The molecule has 9 heteroatoms. The molecular formula is C28H41N3O6. The Balaban J connectivity index is 2.32. The molecule has 0 saturated heterocycles. The maximum absolute atomic E-state index is 13.3. The van der Waals surface area contributed by atoms with Gasteiger partial charge in [-0.25, -0.2) is 0 Å². The molecule has 1 aromatic heterocycles. The van der Waals surface area contributed by atoms with Crippen LogP contribution in [0.25, 0.3) is 11.3 Å². The summed E-state index contributed by atoms with van der Waals surface area (Å²) in [6, 6.07) is 6.53. The minimum Gasteiger partial charge on any atom is -0.496 e. The van der Waals surface area contributed by atoms with Crippen LogP contribution in [0.2, 0.25) is 0 Å². The number of aromatic nitrogens is 2. The fourth-order valence-corrected chi connectivity index (χ4v) is 4.11. The first-order chi connectivity index (χ1) is 17.6. The standard InChI is InChI=1S/C28H41N3O6/c1-8-37-26(33)14-9-11-23(32)20(15-18(2)3)29-28(34)21-16-22(31(30-21)17-19(4)5)27-24(35-6)12-10-13-25(27)36-7/h10,12-13,16,18-20H,8-9,11,14-15,17H2,1-7H3,(H,29,34)/t20-/m0/s1. The molecule has 0 bridgehead atoms. The molecule has 1 atom stereocenters. The van der Waals surface area contributed by atoms with Crippen LogP contribution in [-0.2, 0) is 20.9 Å². The van der Waals surface area contributed by atoms with Crippen molar-refractivity contribution in [1.82, 2.24) is 15.1 Å². The Bertz CT molecular complexity index is 1040. The van der Waals surface area contributed by atoms with Gasteiger partial charge < -0.3 is 19.5 Å². The van der Waals surface area contributed by atoms with Gasteiger partial charge in [-0.05, 0) is 49.8 Å². The van der Waals surface area contributed by atoms with Crippen LogP contribution in [0.4, 0.5) is 0 Å². The lowest BCUT2D eigenvalue weighted by Gasteiger charge is -2.19. The van der Waals surface area contributed by atoms with Gasteiger partial charge in [-0.3, -0.25) is 19.1 Å². The van der Waals surface area contributed by atoms with Crippen molar-refractivity contribution in [2.24, 2.45) is 11.8 Å². The second-order valence-corrected chi connectivity index (χ2v) is 9.81.